The summed E-state index contributed by atoms with van der Waals surface area (Å²) < 4.78 is 27.7. The van der Waals surface area contributed by atoms with Crippen LogP contribution in [0.3, 0.4) is 0 Å². The lowest BCUT2D eigenvalue weighted by Crippen LogP contribution is -2.65. The highest BCUT2D eigenvalue weighted by Gasteiger charge is 2.67. The summed E-state index contributed by atoms with van der Waals surface area (Å²) in [5.74, 6) is 1.30. The van der Waals surface area contributed by atoms with Crippen LogP contribution in [0.15, 0.2) is 30.3 Å². The van der Waals surface area contributed by atoms with Gasteiger partial charge in [0.2, 0.25) is 6.43 Å². The van der Waals surface area contributed by atoms with Crippen LogP contribution in [0, 0.1) is 28.6 Å². The Morgan fingerprint density at radius 3 is 2.24 bits per heavy atom. The number of hydrogen-bond donors (Lipinski definition) is 2. The van der Waals surface area contributed by atoms with E-state index in [0.717, 1.165) is 62.9 Å². The molecule has 5 saturated carbocycles. The molecule has 0 spiro atoms. The second kappa shape index (κ2) is 8.86. The molecule has 0 saturated heterocycles. The molecule has 0 heterocycles. The molecular formula is C28H40F2N2S. The zero-order chi connectivity index (χ0) is 23.3. The minimum Gasteiger partial charge on any atom is -0.376 e. The van der Waals surface area contributed by atoms with Gasteiger partial charge in [-0.15, -0.1) is 0 Å². The first kappa shape index (κ1) is 23.7. The van der Waals surface area contributed by atoms with Crippen molar-refractivity contribution in [2.24, 2.45) is 34.3 Å². The van der Waals surface area contributed by atoms with Crippen molar-refractivity contribution < 1.29 is 8.78 Å². The van der Waals surface area contributed by atoms with Gasteiger partial charge < -0.3 is 11.1 Å². The summed E-state index contributed by atoms with van der Waals surface area (Å²) in [4.78, 5) is 1.04. The van der Waals surface area contributed by atoms with E-state index < -0.39 is 6.43 Å². The van der Waals surface area contributed by atoms with E-state index in [1.165, 1.54) is 18.4 Å². The predicted octanol–water partition coefficient (Wildman–Crippen LogP) is 6.62. The van der Waals surface area contributed by atoms with E-state index in [2.05, 4.69) is 42.6 Å². The van der Waals surface area contributed by atoms with Gasteiger partial charge in [0.25, 0.3) is 0 Å². The monoisotopic (exact) mass is 474 g/mol. The van der Waals surface area contributed by atoms with Crippen molar-refractivity contribution in [3.05, 3.63) is 35.9 Å². The molecule has 0 radical (unpaired) electrons. The zero-order valence-electron chi connectivity index (χ0n) is 20.0. The summed E-state index contributed by atoms with van der Waals surface area (Å²) in [6, 6.07) is 11.3. The molecule has 2 nitrogen and oxygen atoms in total. The van der Waals surface area contributed by atoms with Crippen molar-refractivity contribution in [2.45, 2.75) is 95.4 Å². The molecule has 3 N–H and O–H groups in total. The molecule has 0 aromatic heterocycles. The van der Waals surface area contributed by atoms with Crippen LogP contribution in [0.25, 0.3) is 0 Å². The second-order valence-corrected chi connectivity index (χ2v) is 12.3. The largest absolute Gasteiger partial charge is 0.376 e. The molecule has 6 rings (SSSR count). The fraction of sp³-hybridized carbons (Fsp3) is 0.750. The van der Waals surface area contributed by atoms with E-state index in [1.807, 2.05) is 0 Å². The third kappa shape index (κ3) is 3.95. The van der Waals surface area contributed by atoms with E-state index in [1.54, 1.807) is 0 Å². The molecular weight excluding hydrogens is 434 g/mol. The van der Waals surface area contributed by atoms with Crippen molar-refractivity contribution >= 4 is 17.2 Å². The van der Waals surface area contributed by atoms with Crippen molar-refractivity contribution in [1.29, 1.82) is 0 Å². The van der Waals surface area contributed by atoms with Gasteiger partial charge in [-0.1, -0.05) is 49.5 Å². The van der Waals surface area contributed by atoms with E-state index in [9.17, 15) is 8.78 Å². The molecule has 5 heteroatoms. The number of thiocarbonyl (C=S) groups is 1. The fourth-order valence-electron chi connectivity index (χ4n) is 8.90. The zero-order valence-corrected chi connectivity index (χ0v) is 20.8. The van der Waals surface area contributed by atoms with Crippen LogP contribution in [-0.2, 0) is 5.41 Å². The van der Waals surface area contributed by atoms with Crippen LogP contribution >= 0.6 is 12.2 Å². The maximum Gasteiger partial charge on any atom is 0.239 e. The molecule has 1 aromatic rings. The summed E-state index contributed by atoms with van der Waals surface area (Å²) in [5, 5.41) is 3.82. The summed E-state index contributed by atoms with van der Waals surface area (Å²) >= 11 is 6.20. The number of nitrogens with one attached hydrogen (secondary N) is 1. The third-order valence-electron chi connectivity index (χ3n) is 10.4. The molecule has 5 aliphatic rings. The number of benzene rings is 1. The number of hydrogen-bond acceptors (Lipinski definition) is 2. The van der Waals surface area contributed by atoms with E-state index in [0.29, 0.717) is 23.8 Å². The second-order valence-electron chi connectivity index (χ2n) is 11.9. The predicted molar refractivity (Wildman–Crippen MR) is 134 cm³/mol. The minimum absolute atomic E-state index is 0.0392. The van der Waals surface area contributed by atoms with Crippen molar-refractivity contribution in [2.75, 3.05) is 6.54 Å². The number of alkyl halides is 2. The van der Waals surface area contributed by atoms with Crippen molar-refractivity contribution in [3.63, 3.8) is 0 Å². The van der Waals surface area contributed by atoms with Gasteiger partial charge in [0.05, 0.1) is 4.99 Å². The topological polar surface area (TPSA) is 38.0 Å². The van der Waals surface area contributed by atoms with E-state index in [4.69, 9.17) is 18.0 Å². The highest BCUT2D eigenvalue weighted by molar-refractivity contribution is 7.80. The number of rotatable bonds is 7. The maximum absolute atomic E-state index is 13.9. The Labute approximate surface area is 203 Å². The van der Waals surface area contributed by atoms with E-state index >= 15 is 0 Å². The lowest BCUT2D eigenvalue weighted by molar-refractivity contribution is -0.161. The van der Waals surface area contributed by atoms with Crippen LogP contribution in [-0.4, -0.2) is 24.0 Å². The van der Waals surface area contributed by atoms with Crippen LogP contribution in [0.2, 0.25) is 0 Å². The molecule has 5 fully saturated rings. The van der Waals surface area contributed by atoms with Gasteiger partial charge in [-0.2, -0.15) is 0 Å². The fourth-order valence-corrected chi connectivity index (χ4v) is 9.30. The van der Waals surface area contributed by atoms with Gasteiger partial charge in [-0.05, 0) is 105 Å². The van der Waals surface area contributed by atoms with Crippen LogP contribution in [0.1, 0.15) is 83.1 Å². The number of halogens is 2. The van der Waals surface area contributed by atoms with Crippen LogP contribution in [0.4, 0.5) is 8.78 Å². The van der Waals surface area contributed by atoms with Gasteiger partial charge in [0.15, 0.2) is 0 Å². The number of nitrogens with two attached hydrogens (primary N) is 1. The molecule has 33 heavy (non-hydrogen) atoms. The molecule has 182 valence electrons. The summed E-state index contributed by atoms with van der Waals surface area (Å²) in [7, 11) is 0. The lowest BCUT2D eigenvalue weighted by atomic mass is 9.35. The molecule has 0 aliphatic heterocycles. The van der Waals surface area contributed by atoms with Gasteiger partial charge in [0, 0.05) is 17.9 Å². The molecule has 1 aromatic carbocycles. The average Bonchev–Trinajstić information content (AvgIpc) is 2.82. The van der Waals surface area contributed by atoms with Gasteiger partial charge in [-0.3, -0.25) is 0 Å². The molecule has 2 atom stereocenters. The smallest absolute Gasteiger partial charge is 0.239 e. The van der Waals surface area contributed by atoms with Crippen molar-refractivity contribution in [1.82, 2.24) is 5.32 Å². The Morgan fingerprint density at radius 2 is 1.70 bits per heavy atom. The quantitative estimate of drug-likeness (QED) is 0.436. The normalized spacial score (nSPS) is 42.0. The van der Waals surface area contributed by atoms with Crippen LogP contribution < -0.4 is 11.1 Å². The van der Waals surface area contributed by atoms with Gasteiger partial charge in [-0.25, -0.2) is 8.78 Å². The summed E-state index contributed by atoms with van der Waals surface area (Å²) in [6.07, 6.45) is 8.46. The minimum atomic E-state index is -2.23. The third-order valence-corrected chi connectivity index (χ3v) is 11.0. The molecule has 5 aliphatic carbocycles. The van der Waals surface area contributed by atoms with Gasteiger partial charge in [0.1, 0.15) is 0 Å². The standard InChI is InChI=1S/C28H40F2N2S/c1-2-28(16-24(29)30)21-12-26(20-6-4-3-5-7-20)13-22(28)15-27(14-21,18-26)25(33)32-23-10-8-19(17-31)9-11-23/h3-7,19,21-24H,2,8-18,31H2,1H3,(H,32,33)/t19-,21?,22?,23-,26?,27?,28?. The maximum atomic E-state index is 13.9. The Kier molecular flexibility index (Phi) is 6.35. The summed E-state index contributed by atoms with van der Waals surface area (Å²) in [6.45, 7) is 2.94. The Bertz CT molecular complexity index is 833. The van der Waals surface area contributed by atoms with E-state index in [-0.39, 0.29) is 22.7 Å². The molecule has 2 unspecified atom stereocenters. The molecule has 4 bridgehead atoms. The SMILES string of the molecule is CCC1(CC(F)F)C2CC3(C(=S)N[C@H]4CC[C@H](CN)CC4)CC1CC(c1ccccc1)(C2)C3. The average molecular weight is 475 g/mol. The van der Waals surface area contributed by atoms with Crippen molar-refractivity contribution in [3.8, 4) is 0 Å². The Balaban J connectivity index is 1.45. The van der Waals surface area contributed by atoms with Gasteiger partial charge >= 0.3 is 0 Å². The van der Waals surface area contributed by atoms with Crippen LogP contribution in [0.5, 0.6) is 0 Å². The summed E-state index contributed by atoms with van der Waals surface area (Å²) in [5.41, 5.74) is 7.11. The highest BCUT2D eigenvalue weighted by atomic mass is 32.1. The first-order valence-corrected chi connectivity index (χ1v) is 13.6. The Morgan fingerprint density at radius 1 is 1.06 bits per heavy atom. The first-order valence-electron chi connectivity index (χ1n) is 13.2. The first-order chi connectivity index (χ1) is 15.8. The Hall–Kier alpha value is -1.07. The highest BCUT2D eigenvalue weighted by Crippen LogP contribution is 2.73. The molecule has 0 amide bonds. The lowest BCUT2D eigenvalue weighted by Gasteiger charge is -2.69.